The lowest BCUT2D eigenvalue weighted by Crippen LogP contribution is -2.36. The van der Waals surface area contributed by atoms with Gasteiger partial charge in [-0.2, -0.15) is 13.2 Å². The second-order valence-corrected chi connectivity index (χ2v) is 4.26. The fraction of sp³-hybridized carbons (Fsp3) is 0.300. The van der Waals surface area contributed by atoms with Gasteiger partial charge in [0.25, 0.3) is 0 Å². The van der Waals surface area contributed by atoms with Crippen LogP contribution >= 0.6 is 15.9 Å². The summed E-state index contributed by atoms with van der Waals surface area (Å²) >= 11 is 3.20. The Bertz CT molecular complexity index is 421. The molecule has 2 N–H and O–H groups in total. The molecule has 0 saturated carbocycles. The smallest absolute Gasteiger partial charge is 0.329 e. The van der Waals surface area contributed by atoms with Crippen molar-refractivity contribution in [3.63, 3.8) is 0 Å². The van der Waals surface area contributed by atoms with Crippen molar-refractivity contribution in [1.82, 2.24) is 5.32 Å². The van der Waals surface area contributed by atoms with E-state index in [1.807, 2.05) is 6.92 Å². The zero-order valence-corrected chi connectivity index (χ0v) is 10.4. The van der Waals surface area contributed by atoms with E-state index in [1.165, 1.54) is 0 Å². The van der Waals surface area contributed by atoms with Crippen molar-refractivity contribution in [1.29, 1.82) is 0 Å². The van der Waals surface area contributed by atoms with E-state index in [0.717, 1.165) is 5.56 Å². The summed E-state index contributed by atoms with van der Waals surface area (Å²) in [6.45, 7) is 0.501. The molecule has 2 amide bonds. The van der Waals surface area contributed by atoms with Crippen LogP contribution in [-0.4, -0.2) is 18.8 Å². The molecule has 0 bridgehead atoms. The Balaban J connectivity index is 2.57. The third-order valence-electron chi connectivity index (χ3n) is 1.82. The first-order valence-corrected chi connectivity index (χ1v) is 5.45. The molecular weight excluding hydrogens is 301 g/mol. The molecule has 0 atom stereocenters. The number of hydrogen-bond donors (Lipinski definition) is 2. The Labute approximate surface area is 105 Å². The van der Waals surface area contributed by atoms with Crippen LogP contribution in [0.15, 0.2) is 22.7 Å². The van der Waals surface area contributed by atoms with Gasteiger partial charge in [0, 0.05) is 4.47 Å². The molecule has 7 heteroatoms. The van der Waals surface area contributed by atoms with Gasteiger partial charge in [-0.3, -0.25) is 0 Å². The molecule has 3 nitrogen and oxygen atoms in total. The molecule has 1 aromatic rings. The van der Waals surface area contributed by atoms with E-state index in [9.17, 15) is 18.0 Å². The Kier molecular flexibility index (Phi) is 4.39. The molecule has 17 heavy (non-hydrogen) atoms. The normalized spacial score (nSPS) is 11.1. The Morgan fingerprint density at radius 1 is 1.41 bits per heavy atom. The third kappa shape index (κ3) is 5.08. The molecule has 0 radical (unpaired) electrons. The number of urea groups is 1. The van der Waals surface area contributed by atoms with Gasteiger partial charge in [0.05, 0.1) is 5.69 Å². The first-order valence-electron chi connectivity index (χ1n) is 4.66. The molecule has 0 unspecified atom stereocenters. The summed E-state index contributed by atoms with van der Waals surface area (Å²) in [6.07, 6.45) is -4.41. The van der Waals surface area contributed by atoms with Gasteiger partial charge in [-0.15, -0.1) is 0 Å². The highest BCUT2D eigenvalue weighted by Gasteiger charge is 2.27. The van der Waals surface area contributed by atoms with Gasteiger partial charge in [0.1, 0.15) is 6.54 Å². The molecule has 0 spiro atoms. The molecule has 94 valence electrons. The van der Waals surface area contributed by atoms with Crippen LogP contribution < -0.4 is 10.6 Å². The molecule has 0 aliphatic rings. The third-order valence-corrected chi connectivity index (χ3v) is 2.48. The number of nitrogens with one attached hydrogen (secondary N) is 2. The molecule has 0 aliphatic heterocycles. The number of carbonyl (C=O) groups is 1. The number of anilines is 1. The fourth-order valence-corrected chi connectivity index (χ4v) is 1.66. The predicted molar refractivity (Wildman–Crippen MR) is 62.0 cm³/mol. The standard InChI is InChI=1S/C10H10BrF3N2O/c1-6-2-3-8(7(11)4-6)16-9(17)15-5-10(12,13)14/h2-4H,5H2,1H3,(H2,15,16,17). The number of amides is 2. The second kappa shape index (κ2) is 5.39. The minimum atomic E-state index is -4.41. The zero-order valence-electron chi connectivity index (χ0n) is 8.86. The molecule has 0 aromatic heterocycles. The summed E-state index contributed by atoms with van der Waals surface area (Å²) in [5.41, 5.74) is 1.38. The summed E-state index contributed by atoms with van der Waals surface area (Å²) < 4.78 is 36.1. The average molecular weight is 311 g/mol. The van der Waals surface area contributed by atoms with E-state index >= 15 is 0 Å². The quantitative estimate of drug-likeness (QED) is 0.863. The van der Waals surface area contributed by atoms with Crippen LogP contribution in [0.5, 0.6) is 0 Å². The van der Waals surface area contributed by atoms with E-state index in [4.69, 9.17) is 0 Å². The highest BCUT2D eigenvalue weighted by molar-refractivity contribution is 9.10. The average Bonchev–Trinajstić information content (AvgIpc) is 2.18. The Morgan fingerprint density at radius 3 is 2.59 bits per heavy atom. The van der Waals surface area contributed by atoms with Crippen LogP contribution in [0.1, 0.15) is 5.56 Å². The van der Waals surface area contributed by atoms with Gasteiger partial charge in [-0.25, -0.2) is 4.79 Å². The summed E-state index contributed by atoms with van der Waals surface area (Å²) in [6, 6.07) is 4.20. The summed E-state index contributed by atoms with van der Waals surface area (Å²) in [5.74, 6) is 0. The van der Waals surface area contributed by atoms with Crippen LogP contribution in [0.3, 0.4) is 0 Å². The molecular formula is C10H10BrF3N2O. The monoisotopic (exact) mass is 310 g/mol. The summed E-state index contributed by atoms with van der Waals surface area (Å²) in [7, 11) is 0. The van der Waals surface area contributed by atoms with Crippen molar-refractivity contribution in [2.75, 3.05) is 11.9 Å². The highest BCUT2D eigenvalue weighted by Crippen LogP contribution is 2.23. The second-order valence-electron chi connectivity index (χ2n) is 3.41. The van der Waals surface area contributed by atoms with Crippen LogP contribution in [-0.2, 0) is 0 Å². The van der Waals surface area contributed by atoms with Crippen LogP contribution in [0.2, 0.25) is 0 Å². The molecule has 0 saturated heterocycles. The SMILES string of the molecule is Cc1ccc(NC(=O)NCC(F)(F)F)c(Br)c1. The van der Waals surface area contributed by atoms with E-state index < -0.39 is 18.8 Å². The molecule has 0 heterocycles. The minimum absolute atomic E-state index is 0.412. The maximum absolute atomic E-state index is 11.8. The summed E-state index contributed by atoms with van der Waals surface area (Å²) in [5, 5.41) is 4.03. The van der Waals surface area contributed by atoms with Gasteiger partial charge in [0.2, 0.25) is 0 Å². The van der Waals surface area contributed by atoms with E-state index in [1.54, 1.807) is 23.5 Å². The van der Waals surface area contributed by atoms with Crippen molar-refractivity contribution in [2.45, 2.75) is 13.1 Å². The van der Waals surface area contributed by atoms with Crippen molar-refractivity contribution in [3.05, 3.63) is 28.2 Å². The highest BCUT2D eigenvalue weighted by atomic mass is 79.9. The maximum atomic E-state index is 11.8. The first kappa shape index (κ1) is 13.8. The van der Waals surface area contributed by atoms with E-state index in [-0.39, 0.29) is 0 Å². The van der Waals surface area contributed by atoms with Crippen molar-refractivity contribution < 1.29 is 18.0 Å². The number of aryl methyl sites for hydroxylation is 1. The minimum Gasteiger partial charge on any atom is -0.329 e. The molecule has 1 rings (SSSR count). The van der Waals surface area contributed by atoms with E-state index in [0.29, 0.717) is 10.2 Å². The van der Waals surface area contributed by atoms with Crippen molar-refractivity contribution >= 4 is 27.6 Å². The largest absolute Gasteiger partial charge is 0.405 e. The molecule has 0 aliphatic carbocycles. The topological polar surface area (TPSA) is 41.1 Å². The predicted octanol–water partition coefficient (Wildman–Crippen LogP) is 3.44. The summed E-state index contributed by atoms with van der Waals surface area (Å²) in [4.78, 5) is 11.2. The van der Waals surface area contributed by atoms with Crippen LogP contribution in [0, 0.1) is 6.92 Å². The molecule has 1 aromatic carbocycles. The first-order chi connectivity index (χ1) is 7.78. The Morgan fingerprint density at radius 2 is 2.06 bits per heavy atom. The van der Waals surface area contributed by atoms with Gasteiger partial charge in [0.15, 0.2) is 0 Å². The van der Waals surface area contributed by atoms with Crippen LogP contribution in [0.4, 0.5) is 23.7 Å². The van der Waals surface area contributed by atoms with Gasteiger partial charge < -0.3 is 10.6 Å². The van der Waals surface area contributed by atoms with Gasteiger partial charge in [-0.1, -0.05) is 6.07 Å². The number of carbonyl (C=O) groups excluding carboxylic acids is 1. The number of halogens is 4. The number of rotatable bonds is 2. The number of hydrogen-bond acceptors (Lipinski definition) is 1. The number of benzene rings is 1. The van der Waals surface area contributed by atoms with Crippen molar-refractivity contribution in [3.8, 4) is 0 Å². The molecule has 0 fully saturated rings. The zero-order chi connectivity index (χ0) is 13.1. The maximum Gasteiger partial charge on any atom is 0.405 e. The fourth-order valence-electron chi connectivity index (χ4n) is 1.07. The lowest BCUT2D eigenvalue weighted by atomic mass is 10.2. The number of alkyl halides is 3. The lowest BCUT2D eigenvalue weighted by molar-refractivity contribution is -0.122. The van der Waals surface area contributed by atoms with Crippen LogP contribution in [0.25, 0.3) is 0 Å². The lowest BCUT2D eigenvalue weighted by Gasteiger charge is -2.11. The van der Waals surface area contributed by atoms with Crippen molar-refractivity contribution in [2.24, 2.45) is 0 Å². The van der Waals surface area contributed by atoms with Gasteiger partial charge >= 0.3 is 12.2 Å². The Hall–Kier alpha value is -1.24. The van der Waals surface area contributed by atoms with Gasteiger partial charge in [-0.05, 0) is 40.5 Å². The van der Waals surface area contributed by atoms with E-state index in [2.05, 4.69) is 21.2 Å².